The number of carbonyl (C=O) groups is 2. The molecule has 0 radical (unpaired) electrons. The van der Waals surface area contributed by atoms with E-state index in [4.69, 9.17) is 16.3 Å². The zero-order chi connectivity index (χ0) is 25.3. The van der Waals surface area contributed by atoms with E-state index in [1.54, 1.807) is 68.0 Å². The molecule has 0 aliphatic carbocycles. The van der Waals surface area contributed by atoms with Gasteiger partial charge in [0.1, 0.15) is 11.5 Å². The topological polar surface area (TPSA) is 79.7 Å². The first-order valence-electron chi connectivity index (χ1n) is 11.2. The van der Waals surface area contributed by atoms with Gasteiger partial charge in [-0.05, 0) is 59.0 Å². The van der Waals surface area contributed by atoms with Crippen LogP contribution in [0.15, 0.2) is 72.6 Å². The van der Waals surface area contributed by atoms with Crippen LogP contribution in [0, 0.1) is 0 Å². The fraction of sp³-hybridized carbons (Fsp3) is 0.250. The second-order valence-corrected chi connectivity index (χ2v) is 9.94. The van der Waals surface area contributed by atoms with Crippen LogP contribution in [0.25, 0.3) is 5.76 Å². The van der Waals surface area contributed by atoms with Gasteiger partial charge in [-0.2, -0.15) is 0 Å². The van der Waals surface area contributed by atoms with Gasteiger partial charge < -0.3 is 14.7 Å². The SMILES string of the molecule is COc1ccc(/C(O)=C2/C(=O)C(=O)N(Cc3ccncc3)C2c2ccc(Cl)cc2)cc1C(C)(C)C. The van der Waals surface area contributed by atoms with E-state index in [1.165, 1.54) is 4.90 Å². The van der Waals surface area contributed by atoms with Gasteiger partial charge in [0, 0.05) is 35.1 Å². The van der Waals surface area contributed by atoms with Gasteiger partial charge in [0.05, 0.1) is 18.7 Å². The number of methoxy groups -OCH3 is 1. The lowest BCUT2D eigenvalue weighted by Crippen LogP contribution is -2.29. The number of nitrogens with zero attached hydrogens (tertiary/aromatic N) is 2. The van der Waals surface area contributed by atoms with E-state index in [0.29, 0.717) is 21.9 Å². The Labute approximate surface area is 209 Å². The highest BCUT2D eigenvalue weighted by atomic mass is 35.5. The van der Waals surface area contributed by atoms with E-state index in [0.717, 1.165) is 11.1 Å². The lowest BCUT2D eigenvalue weighted by atomic mass is 9.84. The molecule has 0 bridgehead atoms. The number of likely N-dealkylation sites (tertiary alicyclic amines) is 1. The summed E-state index contributed by atoms with van der Waals surface area (Å²) in [4.78, 5) is 32.0. The van der Waals surface area contributed by atoms with Crippen LogP contribution in [0.5, 0.6) is 5.75 Å². The normalized spacial score (nSPS) is 17.6. The van der Waals surface area contributed by atoms with Crippen LogP contribution in [0.2, 0.25) is 5.02 Å². The fourth-order valence-corrected chi connectivity index (χ4v) is 4.44. The third kappa shape index (κ3) is 4.80. The van der Waals surface area contributed by atoms with Crippen LogP contribution in [-0.4, -0.2) is 33.8 Å². The molecular weight excluding hydrogens is 464 g/mol. The Kier molecular flexibility index (Phi) is 6.68. The molecule has 35 heavy (non-hydrogen) atoms. The molecule has 7 heteroatoms. The summed E-state index contributed by atoms with van der Waals surface area (Å²) in [5.41, 5.74) is 2.57. The highest BCUT2D eigenvalue weighted by Crippen LogP contribution is 2.41. The predicted octanol–water partition coefficient (Wildman–Crippen LogP) is 5.66. The first-order chi connectivity index (χ1) is 16.6. The molecule has 0 spiro atoms. The molecule has 1 fully saturated rings. The molecule has 0 saturated carbocycles. The molecule has 2 heterocycles. The largest absolute Gasteiger partial charge is 0.507 e. The number of benzene rings is 2. The number of ketones is 1. The minimum Gasteiger partial charge on any atom is -0.507 e. The first-order valence-corrected chi connectivity index (χ1v) is 11.6. The molecule has 3 aromatic rings. The Morgan fingerprint density at radius 3 is 2.31 bits per heavy atom. The number of aliphatic hydroxyl groups excluding tert-OH is 1. The van der Waals surface area contributed by atoms with Crippen molar-refractivity contribution < 1.29 is 19.4 Å². The molecular formula is C28H27ClN2O4. The van der Waals surface area contributed by atoms with Gasteiger partial charge >= 0.3 is 0 Å². The minimum absolute atomic E-state index is 0.0383. The van der Waals surface area contributed by atoms with Crippen LogP contribution < -0.4 is 4.74 Å². The summed E-state index contributed by atoms with van der Waals surface area (Å²) in [7, 11) is 1.59. The van der Waals surface area contributed by atoms with Crippen LogP contribution in [-0.2, 0) is 21.5 Å². The molecule has 1 aliphatic heterocycles. The number of amides is 1. The standard InChI is InChI=1S/C28H27ClN2O4/c1-28(2,3)21-15-19(7-10-22(21)35-4)25(32)23-24(18-5-8-20(29)9-6-18)31(27(34)26(23)33)16-17-11-13-30-14-12-17/h5-15,24,32H,16H2,1-4H3/b25-23-. The van der Waals surface area contributed by atoms with Crippen molar-refractivity contribution in [3.8, 4) is 5.75 Å². The molecule has 6 nitrogen and oxygen atoms in total. The van der Waals surface area contributed by atoms with Crippen molar-refractivity contribution in [2.24, 2.45) is 0 Å². The number of hydrogen-bond donors (Lipinski definition) is 1. The van der Waals surface area contributed by atoms with E-state index in [2.05, 4.69) is 4.98 Å². The predicted molar refractivity (Wildman–Crippen MR) is 135 cm³/mol. The molecule has 4 rings (SSSR count). The van der Waals surface area contributed by atoms with Gasteiger partial charge in [0.15, 0.2) is 0 Å². The molecule has 2 aromatic carbocycles. The Balaban J connectivity index is 1.89. The quantitative estimate of drug-likeness (QED) is 0.283. The van der Waals surface area contributed by atoms with E-state index in [1.807, 2.05) is 26.8 Å². The lowest BCUT2D eigenvalue weighted by Gasteiger charge is -2.26. The van der Waals surface area contributed by atoms with E-state index in [9.17, 15) is 14.7 Å². The minimum atomic E-state index is -0.777. The van der Waals surface area contributed by atoms with Crippen molar-refractivity contribution in [3.63, 3.8) is 0 Å². The average molecular weight is 491 g/mol. The van der Waals surface area contributed by atoms with Crippen LogP contribution >= 0.6 is 11.6 Å². The van der Waals surface area contributed by atoms with Crippen molar-refractivity contribution in [2.75, 3.05) is 7.11 Å². The fourth-order valence-electron chi connectivity index (χ4n) is 4.32. The number of aromatic nitrogens is 1. The highest BCUT2D eigenvalue weighted by Gasteiger charge is 2.46. The highest BCUT2D eigenvalue weighted by molar-refractivity contribution is 6.46. The number of pyridine rings is 1. The second-order valence-electron chi connectivity index (χ2n) is 9.50. The van der Waals surface area contributed by atoms with Crippen molar-refractivity contribution in [1.82, 2.24) is 9.88 Å². The zero-order valence-electron chi connectivity index (χ0n) is 20.1. The summed E-state index contributed by atoms with van der Waals surface area (Å²) in [5.74, 6) is -0.951. The van der Waals surface area contributed by atoms with E-state index in [-0.39, 0.29) is 23.3 Å². The molecule has 1 unspecified atom stereocenters. The maximum Gasteiger partial charge on any atom is 0.295 e. The summed E-state index contributed by atoms with van der Waals surface area (Å²) in [6.07, 6.45) is 3.27. The summed E-state index contributed by atoms with van der Waals surface area (Å²) in [5, 5.41) is 12.0. The maximum atomic E-state index is 13.3. The van der Waals surface area contributed by atoms with Gasteiger partial charge in [-0.1, -0.05) is 44.5 Å². The number of carbonyl (C=O) groups excluding carboxylic acids is 2. The van der Waals surface area contributed by atoms with E-state index < -0.39 is 17.7 Å². The van der Waals surface area contributed by atoms with Crippen molar-refractivity contribution in [3.05, 3.63) is 99.8 Å². The molecule has 1 aliphatic rings. The summed E-state index contributed by atoms with van der Waals surface area (Å²) >= 11 is 6.10. The van der Waals surface area contributed by atoms with Crippen LogP contribution in [0.3, 0.4) is 0 Å². The third-order valence-electron chi connectivity index (χ3n) is 6.11. The number of rotatable bonds is 5. The smallest absolute Gasteiger partial charge is 0.295 e. The summed E-state index contributed by atoms with van der Waals surface area (Å²) in [6, 6.07) is 15.0. The first kappa shape index (κ1) is 24.5. The van der Waals surface area contributed by atoms with Gasteiger partial charge in [0.2, 0.25) is 0 Å². The average Bonchev–Trinajstić information content (AvgIpc) is 3.08. The Morgan fingerprint density at radius 2 is 1.71 bits per heavy atom. The lowest BCUT2D eigenvalue weighted by molar-refractivity contribution is -0.140. The van der Waals surface area contributed by atoms with Gasteiger partial charge in [0.25, 0.3) is 11.7 Å². The maximum absolute atomic E-state index is 13.3. The Bertz CT molecular complexity index is 1290. The Hall–Kier alpha value is -3.64. The number of halogens is 1. The molecule has 180 valence electrons. The monoisotopic (exact) mass is 490 g/mol. The van der Waals surface area contributed by atoms with Gasteiger partial charge in [-0.25, -0.2) is 0 Å². The third-order valence-corrected chi connectivity index (χ3v) is 6.36. The second kappa shape index (κ2) is 9.55. The number of hydrogen-bond acceptors (Lipinski definition) is 5. The van der Waals surface area contributed by atoms with Crippen molar-refractivity contribution >= 4 is 29.1 Å². The zero-order valence-corrected chi connectivity index (χ0v) is 20.8. The van der Waals surface area contributed by atoms with Crippen molar-refractivity contribution in [2.45, 2.75) is 38.8 Å². The van der Waals surface area contributed by atoms with Gasteiger partial charge in [-0.3, -0.25) is 14.6 Å². The molecule has 1 saturated heterocycles. The molecule has 1 N–H and O–H groups in total. The summed E-state index contributed by atoms with van der Waals surface area (Å²) < 4.78 is 5.51. The molecule has 1 atom stereocenters. The molecule has 1 amide bonds. The number of Topliss-reactive ketones (excluding diaryl/α,β-unsaturated/α-hetero) is 1. The van der Waals surface area contributed by atoms with Crippen molar-refractivity contribution in [1.29, 1.82) is 0 Å². The van der Waals surface area contributed by atoms with Crippen LogP contribution in [0.4, 0.5) is 0 Å². The van der Waals surface area contributed by atoms with E-state index >= 15 is 0 Å². The number of ether oxygens (including phenoxy) is 1. The van der Waals surface area contributed by atoms with Gasteiger partial charge in [-0.15, -0.1) is 0 Å². The van der Waals surface area contributed by atoms with Crippen LogP contribution in [0.1, 0.15) is 49.1 Å². The Morgan fingerprint density at radius 1 is 1.06 bits per heavy atom. The molecule has 1 aromatic heterocycles. The summed E-state index contributed by atoms with van der Waals surface area (Å²) in [6.45, 7) is 6.30. The number of aliphatic hydroxyl groups is 1.